The maximum Gasteiger partial charge on any atom is 0.186 e. The van der Waals surface area contributed by atoms with E-state index in [1.54, 1.807) is 6.08 Å². The Morgan fingerprint density at radius 3 is 1.70 bits per heavy atom. The van der Waals surface area contributed by atoms with Gasteiger partial charge in [-0.2, -0.15) is 0 Å². The molecule has 0 saturated heterocycles. The van der Waals surface area contributed by atoms with Crippen molar-refractivity contribution in [3.63, 3.8) is 0 Å². The van der Waals surface area contributed by atoms with Crippen molar-refractivity contribution < 1.29 is 12.8 Å². The summed E-state index contributed by atoms with van der Waals surface area (Å²) in [7, 11) is -3.46. The van der Waals surface area contributed by atoms with Crippen molar-refractivity contribution >= 4 is 31.8 Å². The summed E-state index contributed by atoms with van der Waals surface area (Å²) < 4.78 is 33.1. The van der Waals surface area contributed by atoms with E-state index in [1.807, 2.05) is 121 Å². The van der Waals surface area contributed by atoms with Gasteiger partial charge >= 0.3 is 0 Å². The first-order valence-corrected chi connectivity index (χ1v) is 16.6. The highest BCUT2D eigenvalue weighted by Crippen LogP contribution is 2.45. The first-order chi connectivity index (χ1) is 22.5. The molecule has 0 radical (unpaired) electrons. The smallest absolute Gasteiger partial charge is 0.186 e. The molecule has 0 fully saturated rings. The van der Waals surface area contributed by atoms with E-state index < -0.39 is 15.1 Å². The molecule has 220 valence electrons. The van der Waals surface area contributed by atoms with Gasteiger partial charge in [0.25, 0.3) is 0 Å². The summed E-state index contributed by atoms with van der Waals surface area (Å²) in [6, 6.07) is 37.6. The highest BCUT2D eigenvalue weighted by Gasteiger charge is 2.43. The largest absolute Gasteiger partial charge is 0.456 e. The minimum atomic E-state index is -3.46. The van der Waals surface area contributed by atoms with E-state index in [0.29, 0.717) is 22.4 Å². The third-order valence-corrected chi connectivity index (χ3v) is 11.0. The van der Waals surface area contributed by atoms with Gasteiger partial charge in [0.2, 0.25) is 0 Å². The zero-order valence-corrected chi connectivity index (χ0v) is 25.2. The molecule has 2 aliphatic rings. The Bertz CT molecular complexity index is 2440. The molecule has 0 spiro atoms. The number of hydrogen-bond donors (Lipinski definition) is 0. The van der Waals surface area contributed by atoms with Crippen LogP contribution in [0.3, 0.4) is 0 Å². The van der Waals surface area contributed by atoms with Gasteiger partial charge in [0, 0.05) is 33.4 Å². The van der Waals surface area contributed by atoms with Crippen molar-refractivity contribution in [1.29, 1.82) is 0 Å². The molecule has 0 amide bonds. The van der Waals surface area contributed by atoms with Crippen LogP contribution in [0.5, 0.6) is 0 Å². The second kappa shape index (κ2) is 10.2. The number of rotatable bonds is 4. The van der Waals surface area contributed by atoms with Crippen molar-refractivity contribution in [2.24, 2.45) is 0 Å². The number of benzene rings is 5. The molecule has 7 heteroatoms. The molecule has 2 atom stereocenters. The molecule has 9 rings (SSSR count). The number of aromatic nitrogens is 3. The SMILES string of the molecule is O=S1(=O)c2cc(-c3ccc4oc5ccc(-c6nc(-c7ccccc7)nc(-c7ccccc7)n6)cc5c4c3)ccc2C2C=CC=CC21. The van der Waals surface area contributed by atoms with Crippen LogP contribution in [-0.4, -0.2) is 28.6 Å². The molecule has 0 bridgehead atoms. The molecule has 0 saturated carbocycles. The lowest BCUT2D eigenvalue weighted by atomic mass is 9.91. The van der Waals surface area contributed by atoms with Crippen LogP contribution in [-0.2, 0) is 9.84 Å². The molecular weight excluding hydrogens is 591 g/mol. The fourth-order valence-electron chi connectivity index (χ4n) is 6.58. The maximum absolute atomic E-state index is 13.4. The second-order valence-corrected chi connectivity index (χ2v) is 13.7. The number of sulfone groups is 1. The molecule has 3 heterocycles. The first-order valence-electron chi connectivity index (χ1n) is 15.1. The van der Waals surface area contributed by atoms with Crippen LogP contribution in [0, 0.1) is 0 Å². The minimum absolute atomic E-state index is 0.141. The zero-order valence-electron chi connectivity index (χ0n) is 24.4. The van der Waals surface area contributed by atoms with E-state index in [9.17, 15) is 8.42 Å². The lowest BCUT2D eigenvalue weighted by molar-refractivity contribution is 0.592. The molecule has 7 aromatic rings. The van der Waals surface area contributed by atoms with Gasteiger partial charge in [-0.25, -0.2) is 23.4 Å². The fraction of sp³-hybridized carbons (Fsp3) is 0.0513. The Hall–Kier alpha value is -5.66. The van der Waals surface area contributed by atoms with E-state index in [2.05, 4.69) is 12.1 Å². The Labute approximate surface area is 265 Å². The van der Waals surface area contributed by atoms with Crippen molar-refractivity contribution in [2.45, 2.75) is 16.1 Å². The van der Waals surface area contributed by atoms with Gasteiger partial charge in [-0.1, -0.05) is 103 Å². The monoisotopic (exact) mass is 615 g/mol. The van der Waals surface area contributed by atoms with E-state index in [4.69, 9.17) is 19.4 Å². The second-order valence-electron chi connectivity index (χ2n) is 11.6. The first kappa shape index (κ1) is 26.7. The lowest BCUT2D eigenvalue weighted by Gasteiger charge is -2.14. The quantitative estimate of drug-likeness (QED) is 0.197. The van der Waals surface area contributed by atoms with Crippen molar-refractivity contribution in [1.82, 2.24) is 15.0 Å². The van der Waals surface area contributed by atoms with Gasteiger partial charge in [-0.15, -0.1) is 0 Å². The van der Waals surface area contributed by atoms with Gasteiger partial charge in [-0.3, -0.25) is 0 Å². The average Bonchev–Trinajstić information content (AvgIpc) is 3.59. The Kier molecular flexibility index (Phi) is 5.92. The molecule has 6 nitrogen and oxygen atoms in total. The maximum atomic E-state index is 13.4. The van der Waals surface area contributed by atoms with E-state index in [0.717, 1.165) is 55.3 Å². The van der Waals surface area contributed by atoms with Crippen LogP contribution >= 0.6 is 0 Å². The summed E-state index contributed by atoms with van der Waals surface area (Å²) >= 11 is 0. The Morgan fingerprint density at radius 2 is 1.04 bits per heavy atom. The van der Waals surface area contributed by atoms with E-state index in [1.165, 1.54) is 0 Å². The molecule has 46 heavy (non-hydrogen) atoms. The van der Waals surface area contributed by atoms with Gasteiger partial charge in [0.15, 0.2) is 27.3 Å². The predicted octanol–water partition coefficient (Wildman–Crippen LogP) is 8.80. The predicted molar refractivity (Wildman–Crippen MR) is 181 cm³/mol. The lowest BCUT2D eigenvalue weighted by Crippen LogP contribution is -2.18. The van der Waals surface area contributed by atoms with Crippen molar-refractivity contribution in [3.05, 3.63) is 145 Å². The number of furan rings is 1. The van der Waals surface area contributed by atoms with E-state index in [-0.39, 0.29) is 5.92 Å². The van der Waals surface area contributed by atoms with Crippen molar-refractivity contribution in [3.8, 4) is 45.3 Å². The van der Waals surface area contributed by atoms with Crippen LogP contribution in [0.1, 0.15) is 11.5 Å². The van der Waals surface area contributed by atoms with Crippen LogP contribution in [0.25, 0.3) is 67.2 Å². The zero-order chi connectivity index (χ0) is 30.8. The highest BCUT2D eigenvalue weighted by molar-refractivity contribution is 7.92. The molecular formula is C39H25N3O3S. The summed E-state index contributed by atoms with van der Waals surface area (Å²) in [6.45, 7) is 0. The molecule has 0 N–H and O–H groups in total. The summed E-state index contributed by atoms with van der Waals surface area (Å²) in [5.41, 5.74) is 6.76. The Balaban J connectivity index is 1.17. The number of hydrogen-bond acceptors (Lipinski definition) is 6. The average molecular weight is 616 g/mol. The van der Waals surface area contributed by atoms with Gasteiger partial charge < -0.3 is 4.42 Å². The summed E-state index contributed by atoms with van der Waals surface area (Å²) in [4.78, 5) is 15.0. The topological polar surface area (TPSA) is 86.0 Å². The Morgan fingerprint density at radius 1 is 0.522 bits per heavy atom. The number of allylic oxidation sites excluding steroid dienone is 3. The molecule has 2 unspecified atom stereocenters. The van der Waals surface area contributed by atoms with Crippen LogP contribution in [0.2, 0.25) is 0 Å². The summed E-state index contributed by atoms with van der Waals surface area (Å²) in [5.74, 6) is 1.62. The molecule has 1 aliphatic carbocycles. The summed E-state index contributed by atoms with van der Waals surface area (Å²) in [5, 5.41) is 1.31. The number of nitrogens with zero attached hydrogens (tertiary/aromatic N) is 3. The molecule has 5 aromatic carbocycles. The van der Waals surface area contributed by atoms with Gasteiger partial charge in [-0.05, 0) is 53.1 Å². The van der Waals surface area contributed by atoms with Crippen molar-refractivity contribution in [2.75, 3.05) is 0 Å². The fourth-order valence-corrected chi connectivity index (χ4v) is 8.62. The minimum Gasteiger partial charge on any atom is -0.456 e. The standard InChI is InChI=1S/C39H25N3O3S/c43-46(44)35-14-8-7-13-29(35)30-18-15-27(23-36(30)46)26-16-19-33-31(21-26)32-22-28(17-20-34(32)45-33)39-41-37(24-9-3-1-4-10-24)40-38(42-39)25-11-5-2-6-12-25/h1-23,29,35H. The van der Waals surface area contributed by atoms with Crippen LogP contribution in [0.4, 0.5) is 0 Å². The normalized spacial score (nSPS) is 17.7. The third kappa shape index (κ3) is 4.24. The van der Waals surface area contributed by atoms with Crippen LogP contribution in [0.15, 0.2) is 149 Å². The molecule has 1 aliphatic heterocycles. The third-order valence-electron chi connectivity index (χ3n) is 8.88. The van der Waals surface area contributed by atoms with Gasteiger partial charge in [0.05, 0.1) is 10.1 Å². The van der Waals surface area contributed by atoms with Gasteiger partial charge in [0.1, 0.15) is 11.2 Å². The molecule has 2 aromatic heterocycles. The van der Waals surface area contributed by atoms with Crippen LogP contribution < -0.4 is 0 Å². The highest BCUT2D eigenvalue weighted by atomic mass is 32.2. The summed E-state index contributed by atoms with van der Waals surface area (Å²) in [6.07, 6.45) is 7.51. The number of fused-ring (bicyclic) bond motifs is 6. The van der Waals surface area contributed by atoms with E-state index >= 15 is 0 Å².